The third-order valence-electron chi connectivity index (χ3n) is 4.27. The molecule has 3 rings (SSSR count). The van der Waals surface area contributed by atoms with Gasteiger partial charge in [0, 0.05) is 42.4 Å². The van der Waals surface area contributed by atoms with Crippen molar-refractivity contribution in [3.8, 4) is 0 Å². The normalized spacial score (nSPS) is 20.0. The van der Waals surface area contributed by atoms with Gasteiger partial charge >= 0.3 is 6.03 Å². The van der Waals surface area contributed by atoms with E-state index in [-0.39, 0.29) is 10.8 Å². The molecule has 0 radical (unpaired) electrons. The predicted octanol–water partition coefficient (Wildman–Crippen LogP) is 1.94. The molecule has 0 bridgehead atoms. The Hall–Kier alpha value is -1.24. The first-order valence-electron chi connectivity index (χ1n) is 8.32. The number of ether oxygens (including phenoxy) is 1. The summed E-state index contributed by atoms with van der Waals surface area (Å²) >= 11 is 1.88. The Morgan fingerprint density at radius 3 is 2.61 bits per heavy atom. The first-order chi connectivity index (χ1) is 11.3. The summed E-state index contributed by atoms with van der Waals surface area (Å²) in [6.45, 7) is 5.82. The molecule has 0 spiro atoms. The van der Waals surface area contributed by atoms with Crippen molar-refractivity contribution in [2.24, 2.45) is 0 Å². The highest BCUT2D eigenvalue weighted by atomic mass is 32.2. The maximum Gasteiger partial charge on any atom is 0.314 e. The first kappa shape index (κ1) is 16.6. The van der Waals surface area contributed by atoms with Gasteiger partial charge in [-0.1, -0.05) is 18.2 Å². The van der Waals surface area contributed by atoms with Crippen LogP contribution in [0.5, 0.6) is 0 Å². The van der Waals surface area contributed by atoms with Gasteiger partial charge in [-0.15, -0.1) is 11.8 Å². The summed E-state index contributed by atoms with van der Waals surface area (Å²) < 4.78 is 5.51. The summed E-state index contributed by atoms with van der Waals surface area (Å²) in [6, 6.07) is 10.4. The first-order valence-corrected chi connectivity index (χ1v) is 9.13. The highest BCUT2D eigenvalue weighted by Crippen LogP contribution is 2.51. The van der Waals surface area contributed by atoms with Crippen molar-refractivity contribution in [1.82, 2.24) is 15.5 Å². The largest absolute Gasteiger partial charge is 0.379 e. The Morgan fingerprint density at radius 1 is 1.17 bits per heavy atom. The summed E-state index contributed by atoms with van der Waals surface area (Å²) in [5.74, 6) is 0. The van der Waals surface area contributed by atoms with Crippen molar-refractivity contribution >= 4 is 17.8 Å². The van der Waals surface area contributed by atoms with E-state index in [4.69, 9.17) is 4.74 Å². The third-order valence-corrected chi connectivity index (χ3v) is 5.77. The second-order valence-electron chi connectivity index (χ2n) is 6.16. The fourth-order valence-corrected chi connectivity index (χ4v) is 3.89. The number of benzene rings is 1. The average Bonchev–Trinajstić information content (AvgIpc) is 3.35. The van der Waals surface area contributed by atoms with E-state index in [9.17, 15) is 4.79 Å². The van der Waals surface area contributed by atoms with E-state index in [1.165, 1.54) is 17.7 Å². The van der Waals surface area contributed by atoms with Gasteiger partial charge in [0.1, 0.15) is 0 Å². The number of carbonyl (C=O) groups excluding carboxylic acids is 1. The molecule has 23 heavy (non-hydrogen) atoms. The lowest BCUT2D eigenvalue weighted by Crippen LogP contribution is -2.45. The number of carbonyl (C=O) groups is 1. The fraction of sp³-hybridized carbons (Fsp3) is 0.588. The summed E-state index contributed by atoms with van der Waals surface area (Å²) in [5.41, 5.74) is 0. The minimum Gasteiger partial charge on any atom is -0.379 e. The Kier molecular flexibility index (Phi) is 5.80. The van der Waals surface area contributed by atoms with Crippen LogP contribution < -0.4 is 10.6 Å². The van der Waals surface area contributed by atoms with Crippen LogP contribution in [0.25, 0.3) is 0 Å². The minimum atomic E-state index is -0.0572. The molecule has 1 saturated heterocycles. The maximum absolute atomic E-state index is 11.9. The average molecular weight is 335 g/mol. The highest BCUT2D eigenvalue weighted by molar-refractivity contribution is 8.01. The van der Waals surface area contributed by atoms with Crippen LogP contribution in [0.3, 0.4) is 0 Å². The van der Waals surface area contributed by atoms with E-state index in [0.717, 1.165) is 39.4 Å². The summed E-state index contributed by atoms with van der Waals surface area (Å²) in [6.07, 6.45) is 2.33. The number of urea groups is 1. The van der Waals surface area contributed by atoms with Crippen LogP contribution in [-0.2, 0) is 4.74 Å². The number of amides is 2. The third kappa shape index (κ3) is 5.41. The van der Waals surface area contributed by atoms with E-state index >= 15 is 0 Å². The van der Waals surface area contributed by atoms with Crippen LogP contribution in [0.15, 0.2) is 35.2 Å². The van der Waals surface area contributed by atoms with Crippen LogP contribution in [0, 0.1) is 0 Å². The minimum absolute atomic E-state index is 0.0572. The number of hydrogen-bond acceptors (Lipinski definition) is 4. The summed E-state index contributed by atoms with van der Waals surface area (Å²) in [5, 5.41) is 5.98. The molecule has 1 aliphatic carbocycles. The van der Waals surface area contributed by atoms with Gasteiger partial charge < -0.3 is 15.4 Å². The monoisotopic (exact) mass is 335 g/mol. The van der Waals surface area contributed by atoms with Gasteiger partial charge in [0.15, 0.2) is 0 Å². The number of rotatable bonds is 7. The van der Waals surface area contributed by atoms with E-state index in [1.54, 1.807) is 0 Å². The molecule has 0 unspecified atom stereocenters. The van der Waals surface area contributed by atoms with Crippen LogP contribution in [0.2, 0.25) is 0 Å². The zero-order valence-electron chi connectivity index (χ0n) is 13.4. The van der Waals surface area contributed by atoms with Crippen LogP contribution in [0.4, 0.5) is 4.79 Å². The van der Waals surface area contributed by atoms with Gasteiger partial charge in [-0.3, -0.25) is 4.90 Å². The number of hydrogen-bond donors (Lipinski definition) is 2. The molecule has 1 aromatic carbocycles. The Bertz CT molecular complexity index is 502. The summed E-state index contributed by atoms with van der Waals surface area (Å²) in [7, 11) is 0. The van der Waals surface area contributed by atoms with Gasteiger partial charge in [-0.2, -0.15) is 0 Å². The number of nitrogens with one attached hydrogen (secondary N) is 2. The van der Waals surface area contributed by atoms with Gasteiger partial charge in [-0.25, -0.2) is 4.79 Å². The molecule has 126 valence electrons. The highest BCUT2D eigenvalue weighted by Gasteiger charge is 2.43. The zero-order chi connectivity index (χ0) is 16.0. The fourth-order valence-electron chi connectivity index (χ4n) is 2.65. The smallest absolute Gasteiger partial charge is 0.314 e. The second kappa shape index (κ2) is 8.04. The van der Waals surface area contributed by atoms with E-state index in [1.807, 2.05) is 17.8 Å². The molecule has 1 aliphatic heterocycles. The van der Waals surface area contributed by atoms with Crippen molar-refractivity contribution < 1.29 is 9.53 Å². The molecular weight excluding hydrogens is 310 g/mol. The molecule has 1 heterocycles. The van der Waals surface area contributed by atoms with Gasteiger partial charge in [0.05, 0.1) is 13.2 Å². The van der Waals surface area contributed by atoms with Crippen LogP contribution in [-0.4, -0.2) is 61.6 Å². The van der Waals surface area contributed by atoms with Crippen molar-refractivity contribution in [3.05, 3.63) is 30.3 Å². The molecule has 2 N–H and O–H groups in total. The molecule has 0 atom stereocenters. The Balaban J connectivity index is 1.32. The topological polar surface area (TPSA) is 53.6 Å². The predicted molar refractivity (Wildman–Crippen MR) is 92.9 cm³/mol. The van der Waals surface area contributed by atoms with Crippen molar-refractivity contribution in [2.75, 3.05) is 45.9 Å². The maximum atomic E-state index is 11.9. The molecular formula is C17H25N3O2S. The van der Waals surface area contributed by atoms with Crippen molar-refractivity contribution in [1.29, 1.82) is 0 Å². The van der Waals surface area contributed by atoms with Gasteiger partial charge in [0.2, 0.25) is 0 Å². The summed E-state index contributed by atoms with van der Waals surface area (Å²) in [4.78, 5) is 15.5. The van der Waals surface area contributed by atoms with Gasteiger partial charge in [0.25, 0.3) is 0 Å². The standard InChI is InChI=1S/C17H25N3O2S/c21-16(18-8-9-20-10-12-22-13-11-20)19-14-17(6-7-17)23-15-4-2-1-3-5-15/h1-5H,6-14H2,(H2,18,19,21). The van der Waals surface area contributed by atoms with E-state index < -0.39 is 0 Å². The quantitative estimate of drug-likeness (QED) is 0.800. The number of morpholine rings is 1. The number of nitrogens with zero attached hydrogens (tertiary/aromatic N) is 1. The molecule has 6 heteroatoms. The molecule has 2 aliphatic rings. The van der Waals surface area contributed by atoms with E-state index in [2.05, 4.69) is 39.8 Å². The lowest BCUT2D eigenvalue weighted by Gasteiger charge is -2.26. The lowest BCUT2D eigenvalue weighted by atomic mass is 10.4. The zero-order valence-corrected chi connectivity index (χ0v) is 14.2. The van der Waals surface area contributed by atoms with E-state index in [0.29, 0.717) is 6.54 Å². The SMILES string of the molecule is O=C(NCCN1CCOCC1)NCC1(Sc2ccccc2)CC1. The number of thioether (sulfide) groups is 1. The Morgan fingerprint density at radius 2 is 1.91 bits per heavy atom. The van der Waals surface area contributed by atoms with Crippen LogP contribution >= 0.6 is 11.8 Å². The molecule has 1 aromatic rings. The van der Waals surface area contributed by atoms with Crippen molar-refractivity contribution in [3.63, 3.8) is 0 Å². The molecule has 2 amide bonds. The molecule has 2 fully saturated rings. The second-order valence-corrected chi connectivity index (χ2v) is 7.70. The molecule has 5 nitrogen and oxygen atoms in total. The molecule has 0 aromatic heterocycles. The Labute approximate surface area is 142 Å². The van der Waals surface area contributed by atoms with Crippen molar-refractivity contribution in [2.45, 2.75) is 22.5 Å². The van der Waals surface area contributed by atoms with Crippen LogP contribution in [0.1, 0.15) is 12.8 Å². The lowest BCUT2D eigenvalue weighted by molar-refractivity contribution is 0.0387. The molecule has 1 saturated carbocycles. The van der Waals surface area contributed by atoms with Gasteiger partial charge in [-0.05, 0) is 25.0 Å².